The fourth-order valence-corrected chi connectivity index (χ4v) is 1.92. The van der Waals surface area contributed by atoms with Crippen LogP contribution in [0.5, 0.6) is 0 Å². The van der Waals surface area contributed by atoms with Crippen LogP contribution < -0.4 is 5.73 Å². The summed E-state index contributed by atoms with van der Waals surface area (Å²) < 4.78 is 52.6. The summed E-state index contributed by atoms with van der Waals surface area (Å²) in [6.07, 6.45) is -1.48. The second-order valence-corrected chi connectivity index (χ2v) is 5.61. The van der Waals surface area contributed by atoms with E-state index in [1.54, 1.807) is 0 Å². The van der Waals surface area contributed by atoms with Crippen molar-refractivity contribution in [2.45, 2.75) is 59.7 Å². The van der Waals surface area contributed by atoms with E-state index >= 15 is 0 Å². The molecule has 0 amide bonds. The SMILES string of the molecule is C=CC(=N/C(=C\C)C(O)(CN)C(F)(F)F)c1ccc(F)c(C)c1.CC.CCC. The molecule has 1 atom stereocenters. The van der Waals surface area contributed by atoms with E-state index in [1.165, 1.54) is 44.5 Å². The molecule has 0 heterocycles. The van der Waals surface area contributed by atoms with Crippen molar-refractivity contribution in [2.75, 3.05) is 6.54 Å². The van der Waals surface area contributed by atoms with Crippen LogP contribution >= 0.6 is 0 Å². The lowest BCUT2D eigenvalue weighted by molar-refractivity contribution is -0.240. The second-order valence-electron chi connectivity index (χ2n) is 5.61. The lowest BCUT2D eigenvalue weighted by Gasteiger charge is -2.29. The molecule has 0 aliphatic heterocycles. The minimum absolute atomic E-state index is 0.0670. The van der Waals surface area contributed by atoms with E-state index in [2.05, 4.69) is 25.4 Å². The first-order valence-corrected chi connectivity index (χ1v) is 9.15. The summed E-state index contributed by atoms with van der Waals surface area (Å²) in [5.74, 6) is -0.447. The van der Waals surface area contributed by atoms with Crippen molar-refractivity contribution in [1.82, 2.24) is 0 Å². The van der Waals surface area contributed by atoms with E-state index in [9.17, 15) is 22.7 Å². The Morgan fingerprint density at radius 2 is 1.75 bits per heavy atom. The number of hydrogen-bond acceptors (Lipinski definition) is 3. The van der Waals surface area contributed by atoms with Gasteiger partial charge in [0.1, 0.15) is 5.82 Å². The largest absolute Gasteiger partial charge is 0.424 e. The number of alkyl halides is 3. The Morgan fingerprint density at radius 3 is 2.07 bits per heavy atom. The van der Waals surface area contributed by atoms with Crippen molar-refractivity contribution >= 4 is 5.71 Å². The number of allylic oxidation sites excluding steroid dienone is 2. The lowest BCUT2D eigenvalue weighted by atomic mass is 9.98. The highest BCUT2D eigenvalue weighted by molar-refractivity contribution is 6.09. The Hall–Kier alpha value is -1.99. The summed E-state index contributed by atoms with van der Waals surface area (Å²) in [6.45, 7) is 13.5. The number of aliphatic hydroxyl groups is 1. The Kier molecular flexibility index (Phi) is 13.3. The second kappa shape index (κ2) is 13.2. The van der Waals surface area contributed by atoms with Gasteiger partial charge in [0.05, 0.1) is 11.4 Å². The molecule has 0 aliphatic rings. The molecule has 0 spiro atoms. The maximum absolute atomic E-state index is 13.3. The molecule has 7 heteroatoms. The quantitative estimate of drug-likeness (QED) is 0.488. The molecule has 28 heavy (non-hydrogen) atoms. The normalized spacial score (nSPS) is 14.1. The Bertz CT molecular complexity index is 667. The molecule has 3 N–H and O–H groups in total. The van der Waals surface area contributed by atoms with E-state index in [0.717, 1.165) is 6.08 Å². The van der Waals surface area contributed by atoms with Crippen LogP contribution in [0.1, 0.15) is 52.2 Å². The summed E-state index contributed by atoms with van der Waals surface area (Å²) in [5, 5.41) is 9.89. The monoisotopic (exact) mass is 404 g/mol. The van der Waals surface area contributed by atoms with Gasteiger partial charge in [-0.05, 0) is 43.7 Å². The van der Waals surface area contributed by atoms with E-state index in [4.69, 9.17) is 5.73 Å². The van der Waals surface area contributed by atoms with E-state index in [0.29, 0.717) is 11.1 Å². The molecule has 0 fully saturated rings. The van der Waals surface area contributed by atoms with Crippen molar-refractivity contribution in [1.29, 1.82) is 0 Å². The first kappa shape index (κ1) is 28.2. The lowest BCUT2D eigenvalue weighted by Crippen LogP contribution is -2.52. The molecular formula is C21H32F4N2O. The molecular weight excluding hydrogens is 372 g/mol. The third-order valence-electron chi connectivity index (χ3n) is 3.35. The van der Waals surface area contributed by atoms with Gasteiger partial charge in [-0.15, -0.1) is 0 Å². The minimum Gasteiger partial charge on any atom is -0.374 e. The molecule has 0 aliphatic carbocycles. The highest BCUT2D eigenvalue weighted by atomic mass is 19.4. The third kappa shape index (κ3) is 7.56. The number of aryl methyl sites for hydroxylation is 1. The van der Waals surface area contributed by atoms with E-state index in [1.807, 2.05) is 13.8 Å². The van der Waals surface area contributed by atoms with Gasteiger partial charge >= 0.3 is 6.18 Å². The Labute approximate surface area is 165 Å². The first-order chi connectivity index (χ1) is 13.0. The third-order valence-corrected chi connectivity index (χ3v) is 3.35. The molecule has 160 valence electrons. The standard InChI is InChI=1S/C16H18F4N2O.C3H8.C2H6/c1-4-13(11-6-7-12(17)10(3)8-11)22-14(5-2)15(23,9-21)16(18,19)20;1-3-2;1-2/h4-8,23H,1,9,21H2,2-3H3;3H2,1-2H3;1-2H3/b14-5-,22-13?;;. The number of nitrogens with two attached hydrogens (primary N) is 1. The Balaban J connectivity index is 0. The topological polar surface area (TPSA) is 58.6 Å². The molecule has 0 saturated carbocycles. The maximum Gasteiger partial charge on any atom is 0.424 e. The molecule has 1 aromatic carbocycles. The van der Waals surface area contributed by atoms with Crippen molar-refractivity contribution in [2.24, 2.45) is 10.7 Å². The van der Waals surface area contributed by atoms with Crippen molar-refractivity contribution in [3.05, 3.63) is 59.6 Å². The van der Waals surface area contributed by atoms with Crippen molar-refractivity contribution < 1.29 is 22.7 Å². The van der Waals surface area contributed by atoms with Crippen LogP contribution in [0.2, 0.25) is 0 Å². The highest BCUT2D eigenvalue weighted by Crippen LogP contribution is 2.36. The summed E-state index contributed by atoms with van der Waals surface area (Å²) in [7, 11) is 0. The van der Waals surface area contributed by atoms with Crippen LogP contribution in [-0.4, -0.2) is 29.1 Å². The van der Waals surface area contributed by atoms with Gasteiger partial charge in [-0.1, -0.05) is 46.8 Å². The maximum atomic E-state index is 13.3. The summed E-state index contributed by atoms with van der Waals surface area (Å²) in [5.41, 5.74) is 1.94. The fraction of sp³-hybridized carbons (Fsp3) is 0.476. The average molecular weight is 404 g/mol. The van der Waals surface area contributed by atoms with Gasteiger partial charge in [0, 0.05) is 12.1 Å². The van der Waals surface area contributed by atoms with Crippen LogP contribution in [-0.2, 0) is 0 Å². The predicted octanol–water partition coefficient (Wildman–Crippen LogP) is 5.71. The number of hydrogen-bond donors (Lipinski definition) is 2. The molecule has 1 rings (SSSR count). The zero-order valence-corrected chi connectivity index (χ0v) is 17.5. The average Bonchev–Trinajstić information content (AvgIpc) is 2.66. The highest BCUT2D eigenvalue weighted by Gasteiger charge is 2.55. The smallest absolute Gasteiger partial charge is 0.374 e. The van der Waals surface area contributed by atoms with Gasteiger partial charge in [0.25, 0.3) is 0 Å². The molecule has 0 radical (unpaired) electrons. The van der Waals surface area contributed by atoms with Crippen LogP contribution in [0.15, 0.2) is 47.6 Å². The van der Waals surface area contributed by atoms with Gasteiger partial charge in [0.15, 0.2) is 0 Å². The van der Waals surface area contributed by atoms with Crippen molar-refractivity contribution in [3.63, 3.8) is 0 Å². The Morgan fingerprint density at radius 1 is 1.25 bits per heavy atom. The van der Waals surface area contributed by atoms with Crippen molar-refractivity contribution in [3.8, 4) is 0 Å². The first-order valence-electron chi connectivity index (χ1n) is 9.15. The van der Waals surface area contributed by atoms with Crippen LogP contribution in [0, 0.1) is 12.7 Å². The zero-order valence-electron chi connectivity index (χ0n) is 17.5. The summed E-state index contributed by atoms with van der Waals surface area (Å²) >= 11 is 0. The van der Waals surface area contributed by atoms with Gasteiger partial charge in [-0.2, -0.15) is 13.2 Å². The molecule has 0 saturated heterocycles. The molecule has 0 aromatic heterocycles. The van der Waals surface area contributed by atoms with Gasteiger partial charge in [-0.3, -0.25) is 0 Å². The van der Waals surface area contributed by atoms with Crippen LogP contribution in [0.3, 0.4) is 0 Å². The van der Waals surface area contributed by atoms with Gasteiger partial charge in [0.2, 0.25) is 5.60 Å². The van der Waals surface area contributed by atoms with Crippen LogP contribution in [0.25, 0.3) is 0 Å². The summed E-state index contributed by atoms with van der Waals surface area (Å²) in [6, 6.07) is 3.97. The number of rotatable bonds is 5. The summed E-state index contributed by atoms with van der Waals surface area (Å²) in [4.78, 5) is 3.85. The molecule has 3 nitrogen and oxygen atoms in total. The minimum atomic E-state index is -4.99. The van der Waals surface area contributed by atoms with Gasteiger partial charge < -0.3 is 10.8 Å². The molecule has 1 aromatic rings. The molecule has 1 unspecified atom stereocenters. The number of aliphatic imine (C=N–C) groups is 1. The fourth-order valence-electron chi connectivity index (χ4n) is 1.92. The predicted molar refractivity (Wildman–Crippen MR) is 109 cm³/mol. The van der Waals surface area contributed by atoms with Crippen LogP contribution in [0.4, 0.5) is 17.6 Å². The number of benzene rings is 1. The molecule has 0 bridgehead atoms. The van der Waals surface area contributed by atoms with E-state index in [-0.39, 0.29) is 5.71 Å². The van der Waals surface area contributed by atoms with E-state index < -0.39 is 29.8 Å². The number of nitrogens with zero attached hydrogens (tertiary/aromatic N) is 1. The number of halogens is 4. The zero-order chi connectivity index (χ0) is 22.5. The van der Waals surface area contributed by atoms with Gasteiger partial charge in [-0.25, -0.2) is 9.38 Å².